The van der Waals surface area contributed by atoms with Crippen LogP contribution in [0.4, 0.5) is 0 Å². The zero-order valence-corrected chi connectivity index (χ0v) is 21.4. The van der Waals surface area contributed by atoms with Crippen molar-refractivity contribution in [2.24, 2.45) is 0 Å². The monoisotopic (exact) mass is 744 g/mol. The van der Waals surface area contributed by atoms with Crippen LogP contribution in [0.3, 0.4) is 0 Å². The van der Waals surface area contributed by atoms with Gasteiger partial charge < -0.3 is 61.3 Å². The summed E-state index contributed by atoms with van der Waals surface area (Å²) in [6, 6.07) is 0. The number of carboxylic acids is 4. The third-order valence-electron chi connectivity index (χ3n) is 4.95. The topological polar surface area (TPSA) is 330 Å². The van der Waals surface area contributed by atoms with Crippen LogP contribution >= 0.6 is 0 Å². The predicted molar refractivity (Wildman–Crippen MR) is 147 cm³/mol. The Balaban J connectivity index is -0.000000144. The van der Waals surface area contributed by atoms with Crippen LogP contribution < -0.4 is 22.5 Å². The second kappa shape index (κ2) is 30.0. The van der Waals surface area contributed by atoms with Crippen LogP contribution in [0.2, 0.25) is 0 Å². The van der Waals surface area contributed by atoms with Gasteiger partial charge >= 0.3 is 241 Å². The van der Waals surface area contributed by atoms with E-state index in [1.165, 1.54) is 0 Å². The van der Waals surface area contributed by atoms with Gasteiger partial charge in [0.05, 0.1) is 11.9 Å². The molecule has 2 fully saturated rings. The van der Waals surface area contributed by atoms with Gasteiger partial charge in [-0.2, -0.15) is 0 Å². The Bertz CT molecular complexity index is 835. The van der Waals surface area contributed by atoms with Gasteiger partial charge in [-0.05, 0) is 0 Å². The summed E-state index contributed by atoms with van der Waals surface area (Å²) in [5.41, 5.74) is 0. The second-order valence-electron chi connectivity index (χ2n) is 8.36. The van der Waals surface area contributed by atoms with Crippen molar-refractivity contribution < 1.29 is 86.7 Å². The average Bonchev–Trinajstić information content (AvgIpc) is 2.82. The SMILES string of the molecule is N.N.O=C(O)C[N+]1(CC(=O)O)CC(=O)OCCOC(=O)C1.O=C([O-])C[N+]1(CC(=O)[O-])CC(=O)OCCOC(=O)C1.[KH].[KH].[KH].[KH]. The van der Waals surface area contributed by atoms with E-state index in [4.69, 9.17) is 19.7 Å². The number of carbonyl (C=O) groups excluding carboxylic acids is 6. The maximum atomic E-state index is 11.5. The van der Waals surface area contributed by atoms with Crippen LogP contribution in [-0.4, -0.2) is 351 Å². The first-order valence-corrected chi connectivity index (χ1v) is 10.8. The molecule has 0 amide bonds. The Kier molecular flexibility index (Phi) is 39.8. The molecule has 2 aliphatic rings. The molecule has 20 nitrogen and oxygen atoms in total. The van der Waals surface area contributed by atoms with Gasteiger partial charge in [-0.25, -0.2) is 28.8 Å². The molecule has 0 aromatic heterocycles. The van der Waals surface area contributed by atoms with Crippen molar-refractivity contribution in [3.8, 4) is 0 Å². The summed E-state index contributed by atoms with van der Waals surface area (Å²) in [5, 5.41) is 39.1. The number of aliphatic carboxylic acids is 4. The summed E-state index contributed by atoms with van der Waals surface area (Å²) >= 11 is 0. The molecule has 2 saturated heterocycles. The number of ether oxygens (including phenoxy) is 4. The third kappa shape index (κ3) is 26.1. The van der Waals surface area contributed by atoms with Crippen LogP contribution in [0.25, 0.3) is 0 Å². The molecule has 0 aromatic rings. The molecule has 0 aliphatic carbocycles. The van der Waals surface area contributed by atoms with Gasteiger partial charge in [0.15, 0.2) is 39.3 Å². The van der Waals surface area contributed by atoms with Crippen LogP contribution in [0.1, 0.15) is 0 Å². The fourth-order valence-corrected chi connectivity index (χ4v) is 3.69. The van der Waals surface area contributed by atoms with E-state index in [0.29, 0.717) is 0 Å². The van der Waals surface area contributed by atoms with Gasteiger partial charge in [0, 0.05) is 0 Å². The molecule has 0 atom stereocenters. The number of carboxylic acid groups (broad SMARTS) is 4. The molecule has 0 aromatic carbocycles. The molecule has 236 valence electrons. The Morgan fingerprint density at radius 2 is 0.727 bits per heavy atom. The first-order valence-electron chi connectivity index (χ1n) is 10.8. The van der Waals surface area contributed by atoms with Gasteiger partial charge in [-0.15, -0.1) is 0 Å². The van der Waals surface area contributed by atoms with E-state index in [9.17, 15) is 48.6 Å². The summed E-state index contributed by atoms with van der Waals surface area (Å²) in [7, 11) is 0. The van der Waals surface area contributed by atoms with Crippen molar-refractivity contribution >= 4 is 253 Å². The molecule has 2 aliphatic heterocycles. The summed E-state index contributed by atoms with van der Waals surface area (Å²) < 4.78 is 17.1. The van der Waals surface area contributed by atoms with Crippen molar-refractivity contribution in [2.75, 3.05) is 78.8 Å². The Labute approximate surface area is 421 Å². The summed E-state index contributed by atoms with van der Waals surface area (Å²) in [6.07, 6.45) is 0. The molecule has 0 unspecified atom stereocenters. The number of esters is 4. The number of nitrogens with zero attached hydrogens (tertiary/aromatic N) is 2. The van der Waals surface area contributed by atoms with Gasteiger partial charge in [0.1, 0.15) is 39.5 Å². The number of hydrogen-bond donors (Lipinski definition) is 4. The van der Waals surface area contributed by atoms with Crippen molar-refractivity contribution in [3.63, 3.8) is 0 Å². The standard InChI is InChI=1S/2C10H13NO8.4K.2H3N.4H/c2*12-7(13)3-11(4-8(14)15)5-9(16)18-1-2-19-10(17)6-11;;;;;;;;;;/h2*1-6H2,(H-,12,13,14,15);;;;;2*1H3;;;;. The minimum absolute atomic E-state index is 0. The average molecular weight is 745 g/mol. The Morgan fingerprint density at radius 3 is 0.909 bits per heavy atom. The molecular formula is C20H36K4N4O16. The van der Waals surface area contributed by atoms with E-state index in [0.717, 1.165) is 0 Å². The van der Waals surface area contributed by atoms with Gasteiger partial charge in [-0.1, -0.05) is 0 Å². The molecule has 2 rings (SSSR count). The fraction of sp³-hybridized carbons (Fsp3) is 0.600. The van der Waals surface area contributed by atoms with Gasteiger partial charge in [0.25, 0.3) is 0 Å². The van der Waals surface area contributed by atoms with E-state index >= 15 is 0 Å². The first kappa shape index (κ1) is 58.4. The summed E-state index contributed by atoms with van der Waals surface area (Å²) in [6.45, 7) is -5.82. The maximum absolute atomic E-state index is 11.5. The normalized spacial score (nSPS) is 16.7. The van der Waals surface area contributed by atoms with Crippen molar-refractivity contribution in [2.45, 2.75) is 0 Å². The van der Waals surface area contributed by atoms with Crippen LogP contribution in [0.5, 0.6) is 0 Å². The number of carbonyl (C=O) groups is 8. The van der Waals surface area contributed by atoms with E-state index < -0.39 is 109 Å². The molecule has 0 radical (unpaired) electrons. The molecule has 2 heterocycles. The van der Waals surface area contributed by atoms with E-state index in [-0.39, 0.29) is 244 Å². The number of rotatable bonds is 8. The number of hydrogen-bond acceptors (Lipinski definition) is 16. The van der Waals surface area contributed by atoms with Crippen molar-refractivity contribution in [1.29, 1.82) is 0 Å². The molecule has 0 spiro atoms. The van der Waals surface area contributed by atoms with Crippen LogP contribution in [-0.2, 0) is 57.3 Å². The zero-order chi connectivity index (χ0) is 28.9. The first-order chi connectivity index (χ1) is 17.7. The molecule has 8 N–H and O–H groups in total. The van der Waals surface area contributed by atoms with Gasteiger partial charge in [-0.3, -0.25) is 8.97 Å². The van der Waals surface area contributed by atoms with Crippen molar-refractivity contribution in [1.82, 2.24) is 12.3 Å². The number of cyclic esters (lactones) is 4. The Morgan fingerprint density at radius 1 is 0.523 bits per heavy atom. The van der Waals surface area contributed by atoms with Crippen molar-refractivity contribution in [3.05, 3.63) is 0 Å². The van der Waals surface area contributed by atoms with E-state index in [1.807, 2.05) is 0 Å². The van der Waals surface area contributed by atoms with Crippen LogP contribution in [0, 0.1) is 0 Å². The third-order valence-corrected chi connectivity index (χ3v) is 4.95. The summed E-state index contributed by atoms with van der Waals surface area (Å²) in [5.74, 6) is -8.99. The molecule has 0 bridgehead atoms. The molecule has 44 heavy (non-hydrogen) atoms. The zero-order valence-electron chi connectivity index (χ0n) is 21.4. The Hall–Kier alpha value is 2.15. The summed E-state index contributed by atoms with van der Waals surface area (Å²) in [4.78, 5) is 88.9. The quantitative estimate of drug-likeness (QED) is 0.0776. The fourth-order valence-electron chi connectivity index (χ4n) is 3.69. The van der Waals surface area contributed by atoms with E-state index in [1.54, 1.807) is 0 Å². The van der Waals surface area contributed by atoms with E-state index in [2.05, 4.69) is 9.47 Å². The predicted octanol–water partition coefficient (Wildman–Crippen LogP) is -8.79. The molecule has 0 saturated carbocycles. The van der Waals surface area contributed by atoms with Crippen LogP contribution in [0.15, 0.2) is 0 Å². The molecule has 24 heteroatoms. The number of quaternary nitrogens is 2. The van der Waals surface area contributed by atoms with Gasteiger partial charge in [0.2, 0.25) is 0 Å². The minimum atomic E-state index is -1.60. The second-order valence-corrected chi connectivity index (χ2v) is 8.36. The molecular weight excluding hydrogens is 709 g/mol.